The molecule has 2 heteroatoms. The van der Waals surface area contributed by atoms with E-state index in [1.165, 1.54) is 10.9 Å². The molecule has 0 saturated carbocycles. The molecule has 14 heavy (non-hydrogen) atoms. The zero-order valence-corrected chi connectivity index (χ0v) is 8.45. The van der Waals surface area contributed by atoms with E-state index in [4.69, 9.17) is 0 Å². The monoisotopic (exact) mass is 187 g/mol. The molecule has 0 aliphatic rings. The van der Waals surface area contributed by atoms with E-state index in [0.29, 0.717) is 0 Å². The summed E-state index contributed by atoms with van der Waals surface area (Å²) in [7, 11) is 1.92. The quantitative estimate of drug-likeness (QED) is 0.662. The normalized spacial score (nSPS) is 10.7. The molecule has 0 fully saturated rings. The highest BCUT2D eigenvalue weighted by atomic mass is 16.1. The van der Waals surface area contributed by atoms with E-state index >= 15 is 0 Å². The Morgan fingerprint density at radius 3 is 2.86 bits per heavy atom. The van der Waals surface area contributed by atoms with Gasteiger partial charge in [0.15, 0.2) is 6.29 Å². The van der Waals surface area contributed by atoms with Crippen molar-refractivity contribution in [1.29, 1.82) is 0 Å². The van der Waals surface area contributed by atoms with E-state index in [9.17, 15) is 4.79 Å². The van der Waals surface area contributed by atoms with Gasteiger partial charge in [-0.05, 0) is 24.1 Å². The Kier molecular flexibility index (Phi) is 2.12. The highest BCUT2D eigenvalue weighted by Crippen LogP contribution is 2.22. The smallest absolute Gasteiger partial charge is 0.166 e. The summed E-state index contributed by atoms with van der Waals surface area (Å²) in [6.45, 7) is 2.13. The van der Waals surface area contributed by atoms with Crippen molar-refractivity contribution in [3.05, 3.63) is 35.5 Å². The third kappa shape index (κ3) is 1.15. The van der Waals surface area contributed by atoms with Crippen LogP contribution in [0.15, 0.2) is 24.3 Å². The number of carbonyl (C=O) groups excluding carboxylic acids is 1. The van der Waals surface area contributed by atoms with Gasteiger partial charge in [0.2, 0.25) is 0 Å². The predicted octanol–water partition coefficient (Wildman–Crippen LogP) is 2.55. The maximum absolute atomic E-state index is 10.8. The standard InChI is InChI=1S/C12H13NO/c1-3-9-5-4-6-12-11(9)7-10(8-14)13(12)2/h4-8H,3H2,1-2H3. The lowest BCUT2D eigenvalue weighted by Gasteiger charge is -2.00. The summed E-state index contributed by atoms with van der Waals surface area (Å²) in [5.41, 5.74) is 3.17. The largest absolute Gasteiger partial charge is 0.341 e. The van der Waals surface area contributed by atoms with Gasteiger partial charge in [0, 0.05) is 18.0 Å². The molecule has 0 bridgehead atoms. The van der Waals surface area contributed by atoms with Crippen LogP contribution in [0.2, 0.25) is 0 Å². The summed E-state index contributed by atoms with van der Waals surface area (Å²) in [6.07, 6.45) is 1.90. The van der Waals surface area contributed by atoms with Crippen LogP contribution in [0.4, 0.5) is 0 Å². The van der Waals surface area contributed by atoms with Gasteiger partial charge in [-0.3, -0.25) is 4.79 Å². The fourth-order valence-electron chi connectivity index (χ4n) is 1.86. The van der Waals surface area contributed by atoms with Crippen LogP contribution in [0.3, 0.4) is 0 Å². The van der Waals surface area contributed by atoms with Gasteiger partial charge in [0.1, 0.15) is 0 Å². The molecule has 0 radical (unpaired) electrons. The van der Waals surface area contributed by atoms with Crippen LogP contribution < -0.4 is 0 Å². The summed E-state index contributed by atoms with van der Waals surface area (Å²) >= 11 is 0. The Hall–Kier alpha value is -1.57. The average Bonchev–Trinajstić information content (AvgIpc) is 2.55. The molecule has 2 rings (SSSR count). The Morgan fingerprint density at radius 2 is 2.21 bits per heavy atom. The van der Waals surface area contributed by atoms with Gasteiger partial charge in [-0.25, -0.2) is 0 Å². The summed E-state index contributed by atoms with van der Waals surface area (Å²) in [6, 6.07) is 8.15. The highest BCUT2D eigenvalue weighted by molar-refractivity contribution is 5.90. The molecule has 1 heterocycles. The van der Waals surface area contributed by atoms with Crippen molar-refractivity contribution < 1.29 is 4.79 Å². The highest BCUT2D eigenvalue weighted by Gasteiger charge is 2.06. The van der Waals surface area contributed by atoms with E-state index in [-0.39, 0.29) is 0 Å². The Labute approximate surface area is 83.2 Å². The van der Waals surface area contributed by atoms with Crippen LogP contribution in [-0.2, 0) is 13.5 Å². The van der Waals surface area contributed by atoms with Gasteiger partial charge in [0.25, 0.3) is 0 Å². The minimum absolute atomic E-state index is 0.737. The summed E-state index contributed by atoms with van der Waals surface area (Å²) in [5.74, 6) is 0. The zero-order chi connectivity index (χ0) is 10.1. The first-order valence-corrected chi connectivity index (χ1v) is 4.80. The van der Waals surface area contributed by atoms with Crippen molar-refractivity contribution in [1.82, 2.24) is 4.57 Å². The molecule has 0 aliphatic carbocycles. The summed E-state index contributed by atoms with van der Waals surface area (Å²) in [5, 5.41) is 1.19. The molecule has 0 saturated heterocycles. The number of fused-ring (bicyclic) bond motifs is 1. The zero-order valence-electron chi connectivity index (χ0n) is 8.45. The Bertz CT molecular complexity index is 482. The number of hydrogen-bond donors (Lipinski definition) is 0. The third-order valence-electron chi connectivity index (χ3n) is 2.72. The van der Waals surface area contributed by atoms with Crippen molar-refractivity contribution in [2.45, 2.75) is 13.3 Å². The van der Waals surface area contributed by atoms with E-state index in [1.807, 2.05) is 29.8 Å². The molecule has 1 aromatic heterocycles. The molecular weight excluding hydrogens is 174 g/mol. The molecule has 2 aromatic rings. The minimum Gasteiger partial charge on any atom is -0.341 e. The van der Waals surface area contributed by atoms with Crippen LogP contribution >= 0.6 is 0 Å². The molecule has 0 aliphatic heterocycles. The maximum atomic E-state index is 10.8. The topological polar surface area (TPSA) is 22.0 Å². The number of aldehydes is 1. The number of hydrogen-bond acceptors (Lipinski definition) is 1. The lowest BCUT2D eigenvalue weighted by molar-refractivity contribution is 0.111. The van der Waals surface area contributed by atoms with Gasteiger partial charge in [0.05, 0.1) is 5.69 Å². The number of rotatable bonds is 2. The lowest BCUT2D eigenvalue weighted by Crippen LogP contribution is -1.93. The Morgan fingerprint density at radius 1 is 1.43 bits per heavy atom. The van der Waals surface area contributed by atoms with Crippen molar-refractivity contribution in [3.63, 3.8) is 0 Å². The number of carbonyl (C=O) groups is 1. The number of aromatic nitrogens is 1. The third-order valence-corrected chi connectivity index (χ3v) is 2.72. The molecule has 72 valence electrons. The van der Waals surface area contributed by atoms with Gasteiger partial charge in [-0.2, -0.15) is 0 Å². The molecule has 2 nitrogen and oxygen atoms in total. The van der Waals surface area contributed by atoms with Crippen molar-refractivity contribution >= 4 is 17.2 Å². The van der Waals surface area contributed by atoms with Crippen LogP contribution in [0.1, 0.15) is 23.0 Å². The van der Waals surface area contributed by atoms with Gasteiger partial charge in [-0.1, -0.05) is 19.1 Å². The van der Waals surface area contributed by atoms with E-state index in [2.05, 4.69) is 13.0 Å². The second kappa shape index (κ2) is 3.29. The fourth-order valence-corrected chi connectivity index (χ4v) is 1.86. The van der Waals surface area contributed by atoms with Gasteiger partial charge >= 0.3 is 0 Å². The summed E-state index contributed by atoms with van der Waals surface area (Å²) in [4.78, 5) is 10.8. The van der Waals surface area contributed by atoms with E-state index in [1.54, 1.807) is 0 Å². The second-order valence-electron chi connectivity index (χ2n) is 3.45. The molecule has 0 unspecified atom stereocenters. The first-order chi connectivity index (χ1) is 6.77. The van der Waals surface area contributed by atoms with Gasteiger partial charge < -0.3 is 4.57 Å². The molecule has 0 spiro atoms. The minimum atomic E-state index is 0.737. The van der Waals surface area contributed by atoms with Gasteiger partial charge in [-0.15, -0.1) is 0 Å². The average molecular weight is 187 g/mol. The number of benzene rings is 1. The van der Waals surface area contributed by atoms with Crippen LogP contribution in [0, 0.1) is 0 Å². The maximum Gasteiger partial charge on any atom is 0.166 e. The molecule has 0 atom stereocenters. The first kappa shape index (κ1) is 9.00. The van der Waals surface area contributed by atoms with Crippen molar-refractivity contribution in [3.8, 4) is 0 Å². The van der Waals surface area contributed by atoms with Crippen molar-refractivity contribution in [2.24, 2.45) is 7.05 Å². The predicted molar refractivity (Wildman–Crippen MR) is 57.7 cm³/mol. The first-order valence-electron chi connectivity index (χ1n) is 4.80. The summed E-state index contributed by atoms with van der Waals surface area (Å²) < 4.78 is 1.93. The SMILES string of the molecule is CCc1cccc2c1cc(C=O)n2C. The molecular formula is C12H13NO. The second-order valence-corrected chi connectivity index (χ2v) is 3.45. The lowest BCUT2D eigenvalue weighted by atomic mass is 10.1. The van der Waals surface area contributed by atoms with Crippen molar-refractivity contribution in [2.75, 3.05) is 0 Å². The van der Waals surface area contributed by atoms with Crippen LogP contribution in [-0.4, -0.2) is 10.9 Å². The molecule has 0 amide bonds. The Balaban J connectivity index is 2.83. The molecule has 0 N–H and O–H groups in total. The number of aryl methyl sites for hydroxylation is 2. The van der Waals surface area contributed by atoms with Crippen LogP contribution in [0.25, 0.3) is 10.9 Å². The fraction of sp³-hybridized carbons (Fsp3) is 0.250. The van der Waals surface area contributed by atoms with E-state index < -0.39 is 0 Å². The number of nitrogens with zero attached hydrogens (tertiary/aromatic N) is 1. The molecule has 1 aromatic carbocycles. The van der Waals surface area contributed by atoms with E-state index in [0.717, 1.165) is 23.9 Å². The van der Waals surface area contributed by atoms with Crippen LogP contribution in [0.5, 0.6) is 0 Å².